The van der Waals surface area contributed by atoms with Gasteiger partial charge in [0.25, 0.3) is 0 Å². The van der Waals surface area contributed by atoms with Gasteiger partial charge in [-0.25, -0.2) is 4.98 Å². The predicted molar refractivity (Wildman–Crippen MR) is 216 cm³/mol. The number of hydrogen-bond donors (Lipinski definition) is 0. The molecule has 0 unspecified atom stereocenters. The van der Waals surface area contributed by atoms with Crippen molar-refractivity contribution in [2.24, 2.45) is 0 Å². The van der Waals surface area contributed by atoms with Crippen LogP contribution in [0, 0.1) is 6.92 Å². The molecule has 11 aromatic rings. The largest absolute Gasteiger partial charge is 0.309 e. The van der Waals surface area contributed by atoms with Gasteiger partial charge in [-0.1, -0.05) is 121 Å². The van der Waals surface area contributed by atoms with Crippen molar-refractivity contribution in [3.05, 3.63) is 175 Å². The van der Waals surface area contributed by atoms with Crippen molar-refractivity contribution in [1.29, 1.82) is 0 Å². The molecule has 51 heavy (non-hydrogen) atoms. The minimum absolute atomic E-state index is 0.955. The SMILES string of the molecule is Cc1c(-n2c3ccc(-n4c5ccccc5c5ccccc54)cc3c3c4ccccc4ccc32)nc2ccccc2c1-c1ccc2ccccc2c1. The summed E-state index contributed by atoms with van der Waals surface area (Å²) in [5.74, 6) is 0.955. The summed E-state index contributed by atoms with van der Waals surface area (Å²) >= 11 is 0. The predicted octanol–water partition coefficient (Wildman–Crippen LogP) is 12.7. The average Bonchev–Trinajstić information content (AvgIpc) is 3.70. The number of nitrogens with zero attached hydrogens (tertiary/aromatic N) is 3. The van der Waals surface area contributed by atoms with Crippen LogP contribution in [0.1, 0.15) is 5.56 Å². The molecule has 0 N–H and O–H groups in total. The first-order chi connectivity index (χ1) is 25.2. The molecule has 0 atom stereocenters. The van der Waals surface area contributed by atoms with Crippen LogP contribution in [0.4, 0.5) is 0 Å². The van der Waals surface area contributed by atoms with Crippen LogP contribution in [-0.4, -0.2) is 14.1 Å². The summed E-state index contributed by atoms with van der Waals surface area (Å²) < 4.78 is 4.81. The van der Waals surface area contributed by atoms with E-state index < -0.39 is 0 Å². The van der Waals surface area contributed by atoms with Crippen molar-refractivity contribution in [2.45, 2.75) is 6.92 Å². The zero-order chi connectivity index (χ0) is 33.6. The number of aromatic nitrogens is 3. The van der Waals surface area contributed by atoms with E-state index in [0.717, 1.165) is 39.0 Å². The first-order valence-electron chi connectivity index (χ1n) is 17.6. The van der Waals surface area contributed by atoms with Gasteiger partial charge in [0.2, 0.25) is 0 Å². The van der Waals surface area contributed by atoms with Crippen molar-refractivity contribution < 1.29 is 0 Å². The third kappa shape index (κ3) is 4.03. The lowest BCUT2D eigenvalue weighted by Crippen LogP contribution is -2.03. The van der Waals surface area contributed by atoms with Gasteiger partial charge in [0.05, 0.1) is 27.6 Å². The number of benzene rings is 8. The monoisotopic (exact) mass is 649 g/mol. The Morgan fingerprint density at radius 1 is 0.412 bits per heavy atom. The van der Waals surface area contributed by atoms with Crippen LogP contribution in [0.25, 0.3) is 98.7 Å². The van der Waals surface area contributed by atoms with E-state index in [4.69, 9.17) is 4.98 Å². The molecule has 11 rings (SSSR count). The summed E-state index contributed by atoms with van der Waals surface area (Å²) in [6.07, 6.45) is 0. The van der Waals surface area contributed by atoms with E-state index in [1.807, 2.05) is 0 Å². The summed E-state index contributed by atoms with van der Waals surface area (Å²) in [4.78, 5) is 5.46. The maximum atomic E-state index is 5.46. The standard InChI is InChI=1S/C48H31N3/c1-30-46(34-23-22-31-12-2-3-14-33(31)28-34)39-18-6-9-19-41(39)49-48(30)51-44-27-25-35(29-40(44)47-36-15-5-4-13-32(36)24-26-45(47)51)50-42-20-10-7-16-37(42)38-17-8-11-21-43(38)50/h2-29H,1H3. The molecule has 0 saturated carbocycles. The lowest BCUT2D eigenvalue weighted by Gasteiger charge is -2.18. The second-order valence-corrected chi connectivity index (χ2v) is 13.6. The second-order valence-electron chi connectivity index (χ2n) is 13.6. The summed E-state index contributed by atoms with van der Waals surface area (Å²) in [7, 11) is 0. The minimum atomic E-state index is 0.955. The number of hydrogen-bond acceptors (Lipinski definition) is 1. The Morgan fingerprint density at radius 2 is 1.00 bits per heavy atom. The van der Waals surface area contributed by atoms with Gasteiger partial charge in [0.15, 0.2) is 0 Å². The number of rotatable bonds is 3. The van der Waals surface area contributed by atoms with Crippen LogP contribution in [0.15, 0.2) is 170 Å². The molecule has 238 valence electrons. The van der Waals surface area contributed by atoms with Gasteiger partial charge in [-0.3, -0.25) is 4.57 Å². The molecule has 3 heteroatoms. The Labute approximate surface area is 294 Å². The van der Waals surface area contributed by atoms with Gasteiger partial charge in [-0.15, -0.1) is 0 Å². The Hall–Kier alpha value is -6.71. The summed E-state index contributed by atoms with van der Waals surface area (Å²) in [6.45, 7) is 2.24. The normalized spacial score (nSPS) is 12.0. The molecule has 0 fully saturated rings. The molecule has 0 amide bonds. The third-order valence-corrected chi connectivity index (χ3v) is 10.8. The molecule has 0 aliphatic rings. The first kappa shape index (κ1) is 28.2. The average molecular weight is 650 g/mol. The summed E-state index contributed by atoms with van der Waals surface area (Å²) in [6, 6.07) is 61.7. The molecule has 3 heterocycles. The molecule has 8 aromatic carbocycles. The highest BCUT2D eigenvalue weighted by Gasteiger charge is 2.22. The topological polar surface area (TPSA) is 22.8 Å². The smallest absolute Gasteiger partial charge is 0.141 e. The fraction of sp³-hybridized carbons (Fsp3) is 0.0208. The fourth-order valence-corrected chi connectivity index (χ4v) is 8.58. The highest BCUT2D eigenvalue weighted by molar-refractivity contribution is 6.22. The van der Waals surface area contributed by atoms with Crippen LogP contribution in [0.3, 0.4) is 0 Å². The van der Waals surface area contributed by atoms with Gasteiger partial charge in [0, 0.05) is 38.2 Å². The van der Waals surface area contributed by atoms with Crippen LogP contribution < -0.4 is 0 Å². The van der Waals surface area contributed by atoms with Crippen molar-refractivity contribution in [2.75, 3.05) is 0 Å². The van der Waals surface area contributed by atoms with E-state index in [1.165, 1.54) is 65.3 Å². The molecule has 0 spiro atoms. The Bertz CT molecular complexity index is 3160. The quantitative estimate of drug-likeness (QED) is 0.187. The van der Waals surface area contributed by atoms with E-state index in [2.05, 4.69) is 186 Å². The van der Waals surface area contributed by atoms with Gasteiger partial charge < -0.3 is 4.57 Å². The van der Waals surface area contributed by atoms with Gasteiger partial charge in [0.1, 0.15) is 5.82 Å². The first-order valence-corrected chi connectivity index (χ1v) is 17.6. The van der Waals surface area contributed by atoms with E-state index in [1.54, 1.807) is 0 Å². The molecule has 0 aliphatic carbocycles. The molecule has 0 aliphatic heterocycles. The second kappa shape index (κ2) is 10.6. The van der Waals surface area contributed by atoms with E-state index in [9.17, 15) is 0 Å². The number of pyridine rings is 1. The Balaban J connectivity index is 1.25. The lowest BCUT2D eigenvalue weighted by atomic mass is 9.94. The van der Waals surface area contributed by atoms with Gasteiger partial charge in [-0.2, -0.15) is 0 Å². The van der Waals surface area contributed by atoms with Gasteiger partial charge in [-0.05, 0) is 88.1 Å². The Morgan fingerprint density at radius 3 is 1.78 bits per heavy atom. The van der Waals surface area contributed by atoms with Crippen LogP contribution in [0.2, 0.25) is 0 Å². The van der Waals surface area contributed by atoms with Crippen LogP contribution in [-0.2, 0) is 0 Å². The van der Waals surface area contributed by atoms with Crippen molar-refractivity contribution in [3.63, 3.8) is 0 Å². The molecule has 3 aromatic heterocycles. The highest BCUT2D eigenvalue weighted by Crippen LogP contribution is 2.42. The molecular formula is C48H31N3. The molecule has 0 bridgehead atoms. The minimum Gasteiger partial charge on any atom is -0.309 e. The molecule has 0 saturated heterocycles. The number of fused-ring (bicyclic) bond motifs is 10. The van der Waals surface area contributed by atoms with E-state index in [-0.39, 0.29) is 0 Å². The third-order valence-electron chi connectivity index (χ3n) is 10.8. The zero-order valence-corrected chi connectivity index (χ0v) is 28.0. The summed E-state index contributed by atoms with van der Waals surface area (Å²) in [5.41, 5.74) is 10.4. The fourth-order valence-electron chi connectivity index (χ4n) is 8.58. The van der Waals surface area contributed by atoms with Crippen molar-refractivity contribution in [3.8, 4) is 22.6 Å². The van der Waals surface area contributed by atoms with Crippen LogP contribution >= 0.6 is 0 Å². The van der Waals surface area contributed by atoms with Gasteiger partial charge >= 0.3 is 0 Å². The summed E-state index contributed by atoms with van der Waals surface area (Å²) in [5, 5.41) is 11.1. The maximum absolute atomic E-state index is 5.46. The zero-order valence-electron chi connectivity index (χ0n) is 28.0. The molecule has 0 radical (unpaired) electrons. The van der Waals surface area contributed by atoms with Crippen LogP contribution in [0.5, 0.6) is 0 Å². The lowest BCUT2D eigenvalue weighted by molar-refractivity contribution is 1.08. The van der Waals surface area contributed by atoms with E-state index >= 15 is 0 Å². The highest BCUT2D eigenvalue weighted by atomic mass is 15.1. The van der Waals surface area contributed by atoms with E-state index in [0.29, 0.717) is 0 Å². The van der Waals surface area contributed by atoms with Crippen molar-refractivity contribution in [1.82, 2.24) is 14.1 Å². The molecule has 3 nitrogen and oxygen atoms in total. The maximum Gasteiger partial charge on any atom is 0.141 e. The molecular weight excluding hydrogens is 619 g/mol. The van der Waals surface area contributed by atoms with Crippen molar-refractivity contribution >= 4 is 76.1 Å². The number of para-hydroxylation sites is 3. The Kier molecular flexibility index (Phi) is 5.88.